The molecule has 0 saturated heterocycles. The standard InChI is InChI=1S/C21H32N2O2/c1-16(2)21(25)23-19-13-11-18(12-14-19)15-22-20(24)10-6-9-17-7-4-3-5-8-17/h11-14,16-17H,3-10,15H2,1-2H3,(H,22,24)(H,23,25). The zero-order valence-corrected chi connectivity index (χ0v) is 15.6. The smallest absolute Gasteiger partial charge is 0.226 e. The molecule has 2 rings (SSSR count). The Morgan fingerprint density at radius 2 is 1.76 bits per heavy atom. The minimum absolute atomic E-state index is 0.0130. The van der Waals surface area contributed by atoms with E-state index in [2.05, 4.69) is 10.6 Å². The quantitative estimate of drug-likeness (QED) is 0.721. The van der Waals surface area contributed by atoms with Crippen LogP contribution in [0.5, 0.6) is 0 Å². The fourth-order valence-electron chi connectivity index (χ4n) is 3.31. The molecule has 1 fully saturated rings. The van der Waals surface area contributed by atoms with Gasteiger partial charge in [0.15, 0.2) is 0 Å². The zero-order valence-electron chi connectivity index (χ0n) is 15.6. The van der Waals surface area contributed by atoms with E-state index in [9.17, 15) is 9.59 Å². The number of nitrogens with one attached hydrogen (secondary N) is 2. The van der Waals surface area contributed by atoms with E-state index in [1.807, 2.05) is 38.1 Å². The molecule has 1 aliphatic carbocycles. The number of rotatable bonds is 8. The molecule has 138 valence electrons. The third-order valence-electron chi connectivity index (χ3n) is 4.98. The Hall–Kier alpha value is -1.84. The number of carbonyl (C=O) groups is 2. The molecule has 4 heteroatoms. The van der Waals surface area contributed by atoms with Crippen LogP contribution in [0.2, 0.25) is 0 Å². The van der Waals surface area contributed by atoms with Crippen molar-refractivity contribution in [1.29, 1.82) is 0 Å². The molecule has 0 aromatic heterocycles. The van der Waals surface area contributed by atoms with Crippen molar-refractivity contribution in [2.75, 3.05) is 5.32 Å². The van der Waals surface area contributed by atoms with Gasteiger partial charge in [0.1, 0.15) is 0 Å². The normalized spacial score (nSPS) is 15.2. The first-order valence-electron chi connectivity index (χ1n) is 9.71. The van der Waals surface area contributed by atoms with E-state index in [0.717, 1.165) is 23.6 Å². The molecule has 0 bridgehead atoms. The second kappa shape index (κ2) is 10.2. The average Bonchev–Trinajstić information content (AvgIpc) is 2.62. The van der Waals surface area contributed by atoms with Gasteiger partial charge in [-0.05, 0) is 36.5 Å². The second-order valence-corrected chi connectivity index (χ2v) is 7.51. The maximum Gasteiger partial charge on any atom is 0.226 e. The van der Waals surface area contributed by atoms with Gasteiger partial charge in [-0.3, -0.25) is 9.59 Å². The highest BCUT2D eigenvalue weighted by molar-refractivity contribution is 5.92. The van der Waals surface area contributed by atoms with Crippen molar-refractivity contribution < 1.29 is 9.59 Å². The SMILES string of the molecule is CC(C)C(=O)Nc1ccc(CNC(=O)CCCC2CCCCC2)cc1. The Morgan fingerprint density at radius 3 is 2.40 bits per heavy atom. The van der Waals surface area contributed by atoms with E-state index in [1.165, 1.54) is 38.5 Å². The third-order valence-corrected chi connectivity index (χ3v) is 4.98. The van der Waals surface area contributed by atoms with Crippen molar-refractivity contribution in [2.45, 2.75) is 71.8 Å². The van der Waals surface area contributed by atoms with Gasteiger partial charge in [-0.25, -0.2) is 0 Å². The molecule has 1 aromatic carbocycles. The van der Waals surface area contributed by atoms with Crippen molar-refractivity contribution >= 4 is 17.5 Å². The number of carbonyl (C=O) groups excluding carboxylic acids is 2. The van der Waals surface area contributed by atoms with E-state index in [0.29, 0.717) is 13.0 Å². The van der Waals surface area contributed by atoms with Gasteiger partial charge >= 0.3 is 0 Å². The Kier molecular flexibility index (Phi) is 7.96. The highest BCUT2D eigenvalue weighted by atomic mass is 16.2. The minimum Gasteiger partial charge on any atom is -0.352 e. The molecule has 0 unspecified atom stereocenters. The lowest BCUT2D eigenvalue weighted by Gasteiger charge is -2.21. The predicted octanol–water partition coefficient (Wildman–Crippen LogP) is 4.65. The van der Waals surface area contributed by atoms with Gasteiger partial charge in [0.2, 0.25) is 11.8 Å². The van der Waals surface area contributed by atoms with Crippen LogP contribution in [0.4, 0.5) is 5.69 Å². The predicted molar refractivity (Wildman–Crippen MR) is 102 cm³/mol. The fraction of sp³-hybridized carbons (Fsp3) is 0.619. The number of hydrogen-bond acceptors (Lipinski definition) is 2. The molecule has 2 amide bonds. The number of amides is 2. The molecule has 0 radical (unpaired) electrons. The van der Waals surface area contributed by atoms with Gasteiger partial charge in [0.25, 0.3) is 0 Å². The Bertz CT molecular complexity index is 546. The highest BCUT2D eigenvalue weighted by Crippen LogP contribution is 2.27. The van der Waals surface area contributed by atoms with Gasteiger partial charge in [-0.2, -0.15) is 0 Å². The third kappa shape index (κ3) is 7.29. The summed E-state index contributed by atoms with van der Waals surface area (Å²) in [4.78, 5) is 23.6. The van der Waals surface area contributed by atoms with E-state index in [-0.39, 0.29) is 17.7 Å². The van der Waals surface area contributed by atoms with Crippen LogP contribution in [0.15, 0.2) is 24.3 Å². The molecule has 1 saturated carbocycles. The monoisotopic (exact) mass is 344 g/mol. The number of hydrogen-bond donors (Lipinski definition) is 2. The molecule has 1 aliphatic rings. The first kappa shape index (κ1) is 19.5. The van der Waals surface area contributed by atoms with Crippen LogP contribution in [0.3, 0.4) is 0 Å². The summed E-state index contributed by atoms with van der Waals surface area (Å²) in [5, 5.41) is 5.86. The van der Waals surface area contributed by atoms with Crippen LogP contribution in [0, 0.1) is 11.8 Å². The first-order valence-corrected chi connectivity index (χ1v) is 9.71. The zero-order chi connectivity index (χ0) is 18.1. The van der Waals surface area contributed by atoms with Crippen LogP contribution < -0.4 is 10.6 Å². The van der Waals surface area contributed by atoms with Crippen molar-refractivity contribution in [1.82, 2.24) is 5.32 Å². The Labute approximate surface area is 151 Å². The first-order chi connectivity index (χ1) is 12.0. The van der Waals surface area contributed by atoms with E-state index in [4.69, 9.17) is 0 Å². The molecule has 0 spiro atoms. The summed E-state index contributed by atoms with van der Waals surface area (Å²) in [5.41, 5.74) is 1.84. The van der Waals surface area contributed by atoms with Crippen LogP contribution in [-0.2, 0) is 16.1 Å². The van der Waals surface area contributed by atoms with Crippen molar-refractivity contribution in [3.63, 3.8) is 0 Å². The lowest BCUT2D eigenvalue weighted by Crippen LogP contribution is -2.22. The number of benzene rings is 1. The molecule has 0 heterocycles. The topological polar surface area (TPSA) is 58.2 Å². The van der Waals surface area contributed by atoms with Crippen LogP contribution in [0.25, 0.3) is 0 Å². The molecule has 25 heavy (non-hydrogen) atoms. The van der Waals surface area contributed by atoms with E-state index >= 15 is 0 Å². The summed E-state index contributed by atoms with van der Waals surface area (Å²) in [7, 11) is 0. The molecule has 2 N–H and O–H groups in total. The average molecular weight is 344 g/mol. The maximum absolute atomic E-state index is 12.0. The van der Waals surface area contributed by atoms with Gasteiger partial charge in [-0.1, -0.05) is 58.1 Å². The summed E-state index contributed by atoms with van der Waals surface area (Å²) < 4.78 is 0. The van der Waals surface area contributed by atoms with E-state index in [1.54, 1.807) is 0 Å². The summed E-state index contributed by atoms with van der Waals surface area (Å²) in [6, 6.07) is 7.65. The van der Waals surface area contributed by atoms with Crippen LogP contribution in [0.1, 0.15) is 70.8 Å². The minimum atomic E-state index is -0.0347. The van der Waals surface area contributed by atoms with Crippen molar-refractivity contribution in [3.05, 3.63) is 29.8 Å². The molecule has 4 nitrogen and oxygen atoms in total. The van der Waals surface area contributed by atoms with Gasteiger partial charge < -0.3 is 10.6 Å². The lowest BCUT2D eigenvalue weighted by molar-refractivity contribution is -0.121. The van der Waals surface area contributed by atoms with Crippen LogP contribution in [-0.4, -0.2) is 11.8 Å². The van der Waals surface area contributed by atoms with E-state index < -0.39 is 0 Å². The van der Waals surface area contributed by atoms with Gasteiger partial charge in [-0.15, -0.1) is 0 Å². The summed E-state index contributed by atoms with van der Waals surface area (Å²) in [5.74, 6) is 0.953. The second-order valence-electron chi connectivity index (χ2n) is 7.51. The molecule has 0 atom stereocenters. The van der Waals surface area contributed by atoms with Gasteiger partial charge in [0.05, 0.1) is 0 Å². The molecular weight excluding hydrogens is 312 g/mol. The Morgan fingerprint density at radius 1 is 1.08 bits per heavy atom. The number of anilines is 1. The maximum atomic E-state index is 12.0. The Balaban J connectivity index is 1.64. The molecular formula is C21H32N2O2. The van der Waals surface area contributed by atoms with Crippen molar-refractivity contribution in [2.24, 2.45) is 11.8 Å². The molecule has 0 aliphatic heterocycles. The summed E-state index contributed by atoms with van der Waals surface area (Å²) in [6.07, 6.45) is 9.63. The molecule has 1 aromatic rings. The van der Waals surface area contributed by atoms with Gasteiger partial charge in [0, 0.05) is 24.6 Å². The summed E-state index contributed by atoms with van der Waals surface area (Å²) >= 11 is 0. The van der Waals surface area contributed by atoms with Crippen molar-refractivity contribution in [3.8, 4) is 0 Å². The van der Waals surface area contributed by atoms with Crippen LogP contribution >= 0.6 is 0 Å². The largest absolute Gasteiger partial charge is 0.352 e. The highest BCUT2D eigenvalue weighted by Gasteiger charge is 2.13. The lowest BCUT2D eigenvalue weighted by atomic mass is 9.86. The fourth-order valence-corrected chi connectivity index (χ4v) is 3.31. The summed E-state index contributed by atoms with van der Waals surface area (Å²) in [6.45, 7) is 4.28.